The van der Waals surface area contributed by atoms with Crippen LogP contribution in [-0.4, -0.2) is 14.3 Å². The number of aromatic nitrogens is 1. The molecule has 0 bridgehead atoms. The predicted molar refractivity (Wildman–Crippen MR) is 78.3 cm³/mol. The van der Waals surface area contributed by atoms with E-state index in [4.69, 9.17) is 0 Å². The predicted octanol–water partition coefficient (Wildman–Crippen LogP) is 4.62. The van der Waals surface area contributed by atoms with Crippen LogP contribution >= 0.6 is 0 Å². The molecule has 138 valence electrons. The highest BCUT2D eigenvalue weighted by molar-refractivity contribution is 7.90. The van der Waals surface area contributed by atoms with Crippen molar-refractivity contribution in [2.45, 2.75) is 57.3 Å². The van der Waals surface area contributed by atoms with E-state index in [-0.39, 0.29) is 12.5 Å². The Morgan fingerprint density at radius 1 is 1.12 bits per heavy atom. The average molecular weight is 376 g/mol. The van der Waals surface area contributed by atoms with Crippen LogP contribution in [0, 0.1) is 0 Å². The van der Waals surface area contributed by atoms with Gasteiger partial charge in [0.05, 0.1) is 11.6 Å². The van der Waals surface area contributed by atoms with E-state index in [0.29, 0.717) is 6.20 Å². The second kappa shape index (κ2) is 7.09. The number of pyridine rings is 1. The smallest absolute Gasteiger partial charge is 0.433 e. The van der Waals surface area contributed by atoms with Gasteiger partial charge in [0.25, 0.3) is 0 Å². The van der Waals surface area contributed by atoms with Crippen LogP contribution in [-0.2, 0) is 23.7 Å². The molecule has 2 unspecified atom stereocenters. The van der Waals surface area contributed by atoms with Gasteiger partial charge in [0, 0.05) is 23.1 Å². The van der Waals surface area contributed by atoms with Crippen LogP contribution in [0.1, 0.15) is 57.0 Å². The van der Waals surface area contributed by atoms with Crippen molar-refractivity contribution in [1.29, 1.82) is 0 Å². The normalized spacial score (nSPS) is 16.1. The SMILES string of the molecule is CCC(N[S+]([O-])C(C)(C)C)c1cnc(C(F)(F)F)cc1C(F)(F)F. The van der Waals surface area contributed by atoms with E-state index in [1.165, 1.54) is 6.92 Å². The van der Waals surface area contributed by atoms with Gasteiger partial charge in [-0.05, 0) is 33.3 Å². The van der Waals surface area contributed by atoms with Crippen LogP contribution in [0.4, 0.5) is 26.3 Å². The van der Waals surface area contributed by atoms with E-state index in [1.54, 1.807) is 20.8 Å². The van der Waals surface area contributed by atoms with Crippen molar-refractivity contribution >= 4 is 11.4 Å². The summed E-state index contributed by atoms with van der Waals surface area (Å²) in [6.45, 7) is 6.41. The van der Waals surface area contributed by atoms with Crippen molar-refractivity contribution in [3.63, 3.8) is 0 Å². The average Bonchev–Trinajstić information content (AvgIpc) is 2.40. The first-order chi connectivity index (χ1) is 10.7. The summed E-state index contributed by atoms with van der Waals surface area (Å²) in [4.78, 5) is 3.10. The van der Waals surface area contributed by atoms with Crippen molar-refractivity contribution in [3.05, 3.63) is 29.1 Å². The molecule has 1 rings (SSSR count). The molecule has 0 amide bonds. The largest absolute Gasteiger partial charge is 0.598 e. The maximum absolute atomic E-state index is 13.2. The Balaban J connectivity index is 3.34. The summed E-state index contributed by atoms with van der Waals surface area (Å²) in [5, 5.41) is 0. The Labute approximate surface area is 139 Å². The first-order valence-corrected chi connectivity index (χ1v) is 8.15. The van der Waals surface area contributed by atoms with Crippen molar-refractivity contribution in [1.82, 2.24) is 9.71 Å². The lowest BCUT2D eigenvalue weighted by Gasteiger charge is -2.28. The van der Waals surface area contributed by atoms with Gasteiger partial charge < -0.3 is 4.55 Å². The number of nitrogens with one attached hydrogen (secondary N) is 1. The summed E-state index contributed by atoms with van der Waals surface area (Å²) >= 11 is -1.69. The first-order valence-electron chi connectivity index (χ1n) is 7.00. The maximum Gasteiger partial charge on any atom is 0.433 e. The lowest BCUT2D eigenvalue weighted by atomic mass is 10.00. The first kappa shape index (κ1) is 21.0. The molecule has 0 saturated heterocycles. The molecule has 10 heteroatoms. The molecule has 0 fully saturated rings. The van der Waals surface area contributed by atoms with Crippen LogP contribution in [0.5, 0.6) is 0 Å². The van der Waals surface area contributed by atoms with Gasteiger partial charge in [0.1, 0.15) is 10.4 Å². The van der Waals surface area contributed by atoms with E-state index in [0.717, 1.165) is 0 Å². The molecular weight excluding hydrogens is 358 g/mol. The molecule has 0 aliphatic carbocycles. The highest BCUT2D eigenvalue weighted by Gasteiger charge is 2.41. The number of nitrogens with zero attached hydrogens (tertiary/aromatic N) is 1. The van der Waals surface area contributed by atoms with Gasteiger partial charge in [-0.15, -0.1) is 4.72 Å². The van der Waals surface area contributed by atoms with Crippen molar-refractivity contribution in [2.75, 3.05) is 0 Å². The Bertz CT molecular complexity index is 568. The lowest BCUT2D eigenvalue weighted by molar-refractivity contribution is -0.146. The second-order valence-electron chi connectivity index (χ2n) is 6.11. The minimum Gasteiger partial charge on any atom is -0.598 e. The molecule has 0 aliphatic rings. The number of hydrogen-bond donors (Lipinski definition) is 1. The van der Waals surface area contributed by atoms with Crippen LogP contribution in [0.3, 0.4) is 0 Å². The molecule has 1 heterocycles. The fourth-order valence-electron chi connectivity index (χ4n) is 1.82. The second-order valence-corrected chi connectivity index (χ2v) is 8.11. The third-order valence-electron chi connectivity index (χ3n) is 3.12. The Morgan fingerprint density at radius 3 is 2.04 bits per heavy atom. The zero-order valence-corrected chi connectivity index (χ0v) is 14.3. The molecular formula is C14H18F6N2OS. The summed E-state index contributed by atoms with van der Waals surface area (Å²) in [6.07, 6.45) is -9.33. The van der Waals surface area contributed by atoms with Gasteiger partial charge in [-0.1, -0.05) is 6.92 Å². The summed E-state index contributed by atoms with van der Waals surface area (Å²) in [5.74, 6) is 0. The van der Waals surface area contributed by atoms with E-state index in [9.17, 15) is 30.9 Å². The van der Waals surface area contributed by atoms with Crippen LogP contribution in [0.15, 0.2) is 12.3 Å². The van der Waals surface area contributed by atoms with Crippen LogP contribution < -0.4 is 4.72 Å². The quantitative estimate of drug-likeness (QED) is 0.616. The van der Waals surface area contributed by atoms with Crippen LogP contribution in [0.25, 0.3) is 0 Å². The fourth-order valence-corrected chi connectivity index (χ4v) is 2.72. The maximum atomic E-state index is 13.2. The highest BCUT2D eigenvalue weighted by atomic mass is 32.2. The molecule has 0 saturated carbocycles. The molecule has 0 aromatic carbocycles. The van der Waals surface area contributed by atoms with Gasteiger partial charge in [-0.25, -0.2) is 0 Å². The monoisotopic (exact) mass is 376 g/mol. The topological polar surface area (TPSA) is 48.0 Å². The fraction of sp³-hybridized carbons (Fsp3) is 0.643. The van der Waals surface area contributed by atoms with E-state index in [2.05, 4.69) is 9.71 Å². The lowest BCUT2D eigenvalue weighted by Crippen LogP contribution is -2.41. The minimum atomic E-state index is -4.99. The van der Waals surface area contributed by atoms with E-state index >= 15 is 0 Å². The standard InChI is InChI=1S/C14H18F6N2OS/c1-5-10(22-24(23)12(2,3)4)8-7-21-11(14(18,19)20)6-9(8)13(15,16)17/h6-7,10,22H,5H2,1-4H3. The Morgan fingerprint density at radius 2 is 1.67 bits per heavy atom. The van der Waals surface area contributed by atoms with Crippen molar-refractivity contribution < 1.29 is 30.9 Å². The number of alkyl halides is 6. The van der Waals surface area contributed by atoms with Gasteiger partial charge in [-0.2, -0.15) is 26.3 Å². The number of rotatable bonds is 4. The van der Waals surface area contributed by atoms with Crippen LogP contribution in [0.2, 0.25) is 0 Å². The van der Waals surface area contributed by atoms with Crippen molar-refractivity contribution in [2.24, 2.45) is 0 Å². The molecule has 2 atom stereocenters. The van der Waals surface area contributed by atoms with Gasteiger partial charge in [0.2, 0.25) is 0 Å². The van der Waals surface area contributed by atoms with E-state index < -0.39 is 51.3 Å². The Kier molecular flexibility index (Phi) is 6.21. The summed E-state index contributed by atoms with van der Waals surface area (Å²) in [5.41, 5.74) is -3.52. The molecule has 0 radical (unpaired) electrons. The molecule has 3 nitrogen and oxygen atoms in total. The van der Waals surface area contributed by atoms with Crippen molar-refractivity contribution in [3.8, 4) is 0 Å². The molecule has 1 N–H and O–H groups in total. The van der Waals surface area contributed by atoms with Gasteiger partial charge in [0.15, 0.2) is 0 Å². The molecule has 0 aliphatic heterocycles. The third-order valence-corrected chi connectivity index (χ3v) is 4.73. The summed E-state index contributed by atoms with van der Waals surface area (Å²) < 4.78 is 91.4. The zero-order chi connectivity index (χ0) is 18.9. The van der Waals surface area contributed by atoms with Gasteiger partial charge >= 0.3 is 12.4 Å². The molecule has 0 spiro atoms. The highest BCUT2D eigenvalue weighted by Crippen LogP contribution is 2.39. The summed E-state index contributed by atoms with van der Waals surface area (Å²) in [7, 11) is 0. The molecule has 1 aromatic heterocycles. The number of halogens is 6. The summed E-state index contributed by atoms with van der Waals surface area (Å²) in [6, 6.07) is -1.06. The number of hydrogen-bond acceptors (Lipinski definition) is 3. The van der Waals surface area contributed by atoms with E-state index in [1.807, 2.05) is 0 Å². The Hall–Kier alpha value is -1.00. The molecule has 24 heavy (non-hydrogen) atoms. The molecule has 1 aromatic rings. The van der Waals surface area contributed by atoms with Gasteiger partial charge in [-0.3, -0.25) is 4.98 Å². The zero-order valence-electron chi connectivity index (χ0n) is 13.5. The minimum absolute atomic E-state index is 0.0142. The third kappa shape index (κ3) is 5.25.